The van der Waals surface area contributed by atoms with Gasteiger partial charge in [0.25, 0.3) is 0 Å². The Morgan fingerprint density at radius 2 is 1.00 bits per heavy atom. The molecule has 1 aliphatic heterocycles. The molecule has 3 rings (SSSR count). The van der Waals surface area contributed by atoms with E-state index in [4.69, 9.17) is 9.47 Å². The predicted octanol–water partition coefficient (Wildman–Crippen LogP) is 1.28. The SMILES string of the molecule is COC(=O)C[C@H]1C(=O)N(CC(=O)NC(C)c2ccccc2)[C@@H](CC(=O)OC)C(=O)N1CC(=O)NC(C)c1ccccc1. The standard InChI is InChI=1S/C30H36N4O8/c1-19(21-11-7-5-8-12-21)31-25(35)17-33-23(15-27(37)41-3)30(40)34(24(29(33)39)16-28(38)42-4)18-26(36)32-20(2)22-13-9-6-10-14-22/h5-14,19-20,23-24H,15-18H2,1-4H3,(H,31,35)(H,32,36)/t19?,20?,23-,24-/m0/s1. The molecule has 0 radical (unpaired) electrons. The van der Waals surface area contributed by atoms with Crippen LogP contribution < -0.4 is 10.6 Å². The Labute approximate surface area is 244 Å². The fourth-order valence-corrected chi connectivity index (χ4v) is 4.74. The highest BCUT2D eigenvalue weighted by Crippen LogP contribution is 2.24. The van der Waals surface area contributed by atoms with Crippen LogP contribution in [0.3, 0.4) is 0 Å². The largest absolute Gasteiger partial charge is 0.469 e. The maximum absolute atomic E-state index is 13.8. The van der Waals surface area contributed by atoms with Gasteiger partial charge < -0.3 is 29.9 Å². The van der Waals surface area contributed by atoms with Crippen LogP contribution in [0.1, 0.15) is 49.9 Å². The maximum Gasteiger partial charge on any atom is 0.308 e. The quantitative estimate of drug-likeness (QED) is 0.356. The smallest absolute Gasteiger partial charge is 0.308 e. The van der Waals surface area contributed by atoms with Crippen molar-refractivity contribution in [3.05, 3.63) is 71.8 Å². The molecule has 2 aromatic carbocycles. The number of benzene rings is 2. The fourth-order valence-electron chi connectivity index (χ4n) is 4.74. The second kappa shape index (κ2) is 14.8. The highest BCUT2D eigenvalue weighted by atomic mass is 16.5. The minimum atomic E-state index is -1.43. The summed E-state index contributed by atoms with van der Waals surface area (Å²) in [6.07, 6.45) is -1.10. The van der Waals surface area contributed by atoms with Crippen LogP contribution in [0.25, 0.3) is 0 Å². The molecular weight excluding hydrogens is 544 g/mol. The van der Waals surface area contributed by atoms with Gasteiger partial charge in [-0.05, 0) is 25.0 Å². The van der Waals surface area contributed by atoms with Crippen LogP contribution in [0.4, 0.5) is 0 Å². The van der Waals surface area contributed by atoms with Crippen molar-refractivity contribution in [2.24, 2.45) is 0 Å². The number of piperazine rings is 1. The summed E-state index contributed by atoms with van der Waals surface area (Å²) in [5.74, 6) is -4.31. The summed E-state index contributed by atoms with van der Waals surface area (Å²) >= 11 is 0. The number of carbonyl (C=O) groups excluding carboxylic acids is 6. The first kappa shape index (κ1) is 31.8. The lowest BCUT2D eigenvalue weighted by Crippen LogP contribution is -2.67. The van der Waals surface area contributed by atoms with Gasteiger partial charge in [0.2, 0.25) is 23.6 Å². The predicted molar refractivity (Wildman–Crippen MR) is 150 cm³/mol. The van der Waals surface area contributed by atoms with Gasteiger partial charge in [-0.15, -0.1) is 0 Å². The van der Waals surface area contributed by atoms with E-state index >= 15 is 0 Å². The highest BCUT2D eigenvalue weighted by Gasteiger charge is 2.48. The van der Waals surface area contributed by atoms with Crippen LogP contribution in [0.2, 0.25) is 0 Å². The molecule has 2 unspecified atom stereocenters. The van der Waals surface area contributed by atoms with Gasteiger partial charge in [0.15, 0.2) is 0 Å². The van der Waals surface area contributed by atoms with E-state index in [1.54, 1.807) is 13.8 Å². The fraction of sp³-hybridized carbons (Fsp3) is 0.400. The van der Waals surface area contributed by atoms with Gasteiger partial charge >= 0.3 is 11.9 Å². The zero-order chi connectivity index (χ0) is 30.8. The van der Waals surface area contributed by atoms with E-state index in [-0.39, 0.29) is 0 Å². The maximum atomic E-state index is 13.8. The molecule has 1 aliphatic rings. The Kier molecular flexibility index (Phi) is 11.2. The number of esters is 2. The molecule has 0 saturated carbocycles. The summed E-state index contributed by atoms with van der Waals surface area (Å²) in [7, 11) is 2.26. The van der Waals surface area contributed by atoms with Crippen LogP contribution in [0.15, 0.2) is 60.7 Å². The van der Waals surface area contributed by atoms with Gasteiger partial charge in [-0.3, -0.25) is 28.8 Å². The van der Waals surface area contributed by atoms with Crippen LogP contribution in [-0.4, -0.2) is 84.8 Å². The van der Waals surface area contributed by atoms with Crippen molar-refractivity contribution >= 4 is 35.6 Å². The van der Waals surface area contributed by atoms with E-state index in [1.807, 2.05) is 60.7 Å². The summed E-state index contributed by atoms with van der Waals surface area (Å²) in [5.41, 5.74) is 1.65. The van der Waals surface area contributed by atoms with Crippen molar-refractivity contribution in [3.63, 3.8) is 0 Å². The minimum Gasteiger partial charge on any atom is -0.469 e. The summed E-state index contributed by atoms with van der Waals surface area (Å²) in [6.45, 7) is 2.40. The van der Waals surface area contributed by atoms with Crippen molar-refractivity contribution in [1.29, 1.82) is 0 Å². The molecule has 1 fully saturated rings. The Hall–Kier alpha value is -4.74. The second-order valence-corrected chi connectivity index (χ2v) is 9.92. The Bertz CT molecular complexity index is 1190. The lowest BCUT2D eigenvalue weighted by atomic mass is 9.99. The number of nitrogens with zero attached hydrogens (tertiary/aromatic N) is 2. The molecule has 0 spiro atoms. The molecule has 0 aliphatic carbocycles. The molecule has 4 amide bonds. The number of methoxy groups -OCH3 is 2. The summed E-state index contributed by atoms with van der Waals surface area (Å²) in [6, 6.07) is 14.6. The summed E-state index contributed by atoms with van der Waals surface area (Å²) < 4.78 is 9.47. The van der Waals surface area contributed by atoms with E-state index in [2.05, 4.69) is 10.6 Å². The van der Waals surface area contributed by atoms with Gasteiger partial charge in [-0.25, -0.2) is 0 Å². The number of rotatable bonds is 12. The van der Waals surface area contributed by atoms with Gasteiger partial charge in [-0.1, -0.05) is 60.7 Å². The Balaban J connectivity index is 1.86. The Morgan fingerprint density at radius 3 is 1.31 bits per heavy atom. The first-order chi connectivity index (χ1) is 20.0. The molecule has 4 atom stereocenters. The third-order valence-electron chi connectivity index (χ3n) is 7.05. The molecule has 1 heterocycles. The van der Waals surface area contributed by atoms with Gasteiger partial charge in [0, 0.05) is 0 Å². The van der Waals surface area contributed by atoms with Crippen molar-refractivity contribution in [3.8, 4) is 0 Å². The van der Waals surface area contributed by atoms with Crippen LogP contribution >= 0.6 is 0 Å². The molecule has 0 bridgehead atoms. The third-order valence-corrected chi connectivity index (χ3v) is 7.05. The molecule has 12 nitrogen and oxygen atoms in total. The molecule has 12 heteroatoms. The van der Waals surface area contributed by atoms with Crippen molar-refractivity contribution < 1.29 is 38.2 Å². The summed E-state index contributed by atoms with van der Waals surface area (Å²) in [4.78, 5) is 80.1. The van der Waals surface area contributed by atoms with E-state index in [0.717, 1.165) is 35.1 Å². The number of hydrogen-bond acceptors (Lipinski definition) is 8. The zero-order valence-electron chi connectivity index (χ0n) is 24.1. The molecule has 1 saturated heterocycles. The number of nitrogens with one attached hydrogen (secondary N) is 2. The third kappa shape index (κ3) is 8.15. The molecule has 0 aromatic heterocycles. The topological polar surface area (TPSA) is 151 Å². The molecule has 224 valence electrons. The van der Waals surface area contributed by atoms with E-state index < -0.39 is 85.7 Å². The first-order valence-corrected chi connectivity index (χ1v) is 13.5. The highest BCUT2D eigenvalue weighted by molar-refractivity contribution is 6.03. The second-order valence-electron chi connectivity index (χ2n) is 9.92. The summed E-state index contributed by atoms with van der Waals surface area (Å²) in [5, 5.41) is 5.57. The lowest BCUT2D eigenvalue weighted by molar-refractivity contribution is -0.169. The molecule has 42 heavy (non-hydrogen) atoms. The lowest BCUT2D eigenvalue weighted by Gasteiger charge is -2.44. The van der Waals surface area contributed by atoms with Gasteiger partial charge in [0.05, 0.1) is 39.1 Å². The van der Waals surface area contributed by atoms with Crippen LogP contribution in [-0.2, 0) is 38.2 Å². The number of hydrogen-bond donors (Lipinski definition) is 2. The normalized spacial score (nSPS) is 18.1. The average molecular weight is 581 g/mol. The van der Waals surface area contributed by atoms with Crippen molar-refractivity contribution in [1.82, 2.24) is 20.4 Å². The molecule has 2 N–H and O–H groups in total. The molecular formula is C30H36N4O8. The van der Waals surface area contributed by atoms with E-state index in [0.29, 0.717) is 0 Å². The first-order valence-electron chi connectivity index (χ1n) is 13.5. The van der Waals surface area contributed by atoms with Crippen LogP contribution in [0, 0.1) is 0 Å². The van der Waals surface area contributed by atoms with Crippen molar-refractivity contribution in [2.45, 2.75) is 50.9 Å². The van der Waals surface area contributed by atoms with E-state index in [1.165, 1.54) is 0 Å². The Morgan fingerprint density at radius 1 is 0.667 bits per heavy atom. The number of carbonyl (C=O) groups is 6. The van der Waals surface area contributed by atoms with Crippen LogP contribution in [0.5, 0.6) is 0 Å². The van der Waals surface area contributed by atoms with Gasteiger partial charge in [-0.2, -0.15) is 0 Å². The average Bonchev–Trinajstić information content (AvgIpc) is 2.99. The molecule has 2 aromatic rings. The minimum absolute atomic E-state index is 0.411. The zero-order valence-corrected chi connectivity index (χ0v) is 24.1. The monoisotopic (exact) mass is 580 g/mol. The van der Waals surface area contributed by atoms with Crippen molar-refractivity contribution in [2.75, 3.05) is 27.3 Å². The van der Waals surface area contributed by atoms with Gasteiger partial charge in [0.1, 0.15) is 25.2 Å². The number of ether oxygens (including phenoxy) is 2. The number of amides is 4. The van der Waals surface area contributed by atoms with E-state index in [9.17, 15) is 28.8 Å².